The molecule has 25 heavy (non-hydrogen) atoms. The summed E-state index contributed by atoms with van der Waals surface area (Å²) < 4.78 is 42.9. The van der Waals surface area contributed by atoms with Gasteiger partial charge in [-0.3, -0.25) is 4.79 Å². The molecule has 0 radical (unpaired) electrons. The van der Waals surface area contributed by atoms with Crippen molar-refractivity contribution in [3.63, 3.8) is 0 Å². The number of aromatic nitrogens is 2. The summed E-state index contributed by atoms with van der Waals surface area (Å²) in [6.45, 7) is -0.509. The number of nitrogens with zero attached hydrogens (tertiary/aromatic N) is 2. The van der Waals surface area contributed by atoms with E-state index in [1.54, 1.807) is 0 Å². The van der Waals surface area contributed by atoms with Crippen LogP contribution in [0.25, 0.3) is 0 Å². The van der Waals surface area contributed by atoms with Gasteiger partial charge in [-0.25, -0.2) is 9.97 Å². The molecule has 134 valence electrons. The van der Waals surface area contributed by atoms with E-state index in [0.29, 0.717) is 0 Å². The van der Waals surface area contributed by atoms with Gasteiger partial charge in [0.15, 0.2) is 11.5 Å². The molecule has 0 aliphatic heterocycles. The summed E-state index contributed by atoms with van der Waals surface area (Å²) in [7, 11) is 0. The molecular weight excluding hydrogens is 341 g/mol. The lowest BCUT2D eigenvalue weighted by Gasteiger charge is -2.14. The van der Waals surface area contributed by atoms with Crippen molar-refractivity contribution in [3.8, 4) is 5.75 Å². The van der Waals surface area contributed by atoms with Gasteiger partial charge in [-0.1, -0.05) is 6.07 Å². The largest absolute Gasteiger partial charge is 0.491 e. The molecule has 1 aromatic heterocycles. The molecule has 0 saturated carbocycles. The maximum atomic E-state index is 12.6. The quantitative estimate of drug-likeness (QED) is 0.718. The molecule has 1 amide bonds. The second kappa shape index (κ2) is 7.79. The number of aliphatic hydroxyl groups is 1. The number of rotatable bonds is 6. The van der Waals surface area contributed by atoms with E-state index in [4.69, 9.17) is 10.5 Å². The van der Waals surface area contributed by atoms with Crippen molar-refractivity contribution in [2.24, 2.45) is 0 Å². The number of hydrogen-bond donors (Lipinski definition) is 3. The maximum Gasteiger partial charge on any atom is 0.416 e. The van der Waals surface area contributed by atoms with Crippen molar-refractivity contribution >= 4 is 11.7 Å². The number of ether oxygens (including phenoxy) is 1. The van der Waals surface area contributed by atoms with Crippen molar-refractivity contribution < 1.29 is 27.8 Å². The van der Waals surface area contributed by atoms with Crippen molar-refractivity contribution in [2.45, 2.75) is 12.3 Å². The Labute approximate surface area is 140 Å². The molecule has 0 spiro atoms. The summed E-state index contributed by atoms with van der Waals surface area (Å²) >= 11 is 0. The number of anilines is 1. The van der Waals surface area contributed by atoms with Crippen molar-refractivity contribution in [1.82, 2.24) is 15.3 Å². The summed E-state index contributed by atoms with van der Waals surface area (Å²) in [5.74, 6) is -0.739. The molecule has 7 nitrogen and oxygen atoms in total. The molecule has 4 N–H and O–H groups in total. The highest BCUT2D eigenvalue weighted by Crippen LogP contribution is 2.31. The van der Waals surface area contributed by atoms with Gasteiger partial charge in [-0.15, -0.1) is 0 Å². The Kier molecular flexibility index (Phi) is 5.75. The van der Waals surface area contributed by atoms with Crippen LogP contribution in [0.2, 0.25) is 0 Å². The SMILES string of the molecule is Nc1nccnc1C(=O)NC[C@H](O)COc1cccc(C(F)(F)F)c1. The average molecular weight is 356 g/mol. The van der Waals surface area contributed by atoms with E-state index >= 15 is 0 Å². The minimum absolute atomic E-state index is 0.0432. The lowest BCUT2D eigenvalue weighted by atomic mass is 10.2. The number of nitrogens with one attached hydrogen (secondary N) is 1. The number of benzene rings is 1. The zero-order chi connectivity index (χ0) is 18.4. The monoisotopic (exact) mass is 356 g/mol. The Hall–Kier alpha value is -2.88. The molecule has 0 saturated heterocycles. The zero-order valence-electron chi connectivity index (χ0n) is 12.8. The Morgan fingerprint density at radius 2 is 2.04 bits per heavy atom. The van der Waals surface area contributed by atoms with Crippen LogP contribution in [-0.4, -0.2) is 40.2 Å². The molecule has 2 rings (SSSR count). The highest BCUT2D eigenvalue weighted by Gasteiger charge is 2.30. The van der Waals surface area contributed by atoms with Crippen LogP contribution in [0.4, 0.5) is 19.0 Å². The van der Waals surface area contributed by atoms with Crippen molar-refractivity contribution in [2.75, 3.05) is 18.9 Å². The molecule has 0 unspecified atom stereocenters. The van der Waals surface area contributed by atoms with E-state index in [0.717, 1.165) is 12.1 Å². The predicted octanol–water partition coefficient (Wildman–Crippen LogP) is 1.25. The van der Waals surface area contributed by atoms with Crippen LogP contribution in [0, 0.1) is 0 Å². The zero-order valence-corrected chi connectivity index (χ0v) is 12.8. The predicted molar refractivity (Wildman–Crippen MR) is 81.7 cm³/mol. The van der Waals surface area contributed by atoms with Crippen LogP contribution in [0.15, 0.2) is 36.7 Å². The van der Waals surface area contributed by atoms with Gasteiger partial charge in [0.1, 0.15) is 18.5 Å². The first-order chi connectivity index (χ1) is 11.8. The third kappa shape index (κ3) is 5.31. The normalized spacial score (nSPS) is 12.5. The number of alkyl halides is 3. The van der Waals surface area contributed by atoms with Gasteiger partial charge < -0.3 is 20.9 Å². The van der Waals surface area contributed by atoms with Crippen LogP contribution < -0.4 is 15.8 Å². The minimum atomic E-state index is -4.48. The Balaban J connectivity index is 1.84. The van der Waals surface area contributed by atoms with Gasteiger partial charge in [0, 0.05) is 18.9 Å². The third-order valence-corrected chi connectivity index (χ3v) is 3.04. The first-order valence-electron chi connectivity index (χ1n) is 7.10. The number of carbonyl (C=O) groups excluding carboxylic acids is 1. The number of nitrogens with two attached hydrogens (primary N) is 1. The lowest BCUT2D eigenvalue weighted by molar-refractivity contribution is -0.137. The molecule has 10 heteroatoms. The molecule has 1 aromatic carbocycles. The van der Waals surface area contributed by atoms with Crippen molar-refractivity contribution in [1.29, 1.82) is 0 Å². The second-order valence-electron chi connectivity index (χ2n) is 4.99. The number of hydrogen-bond acceptors (Lipinski definition) is 6. The molecule has 0 fully saturated rings. The van der Waals surface area contributed by atoms with E-state index in [9.17, 15) is 23.1 Å². The Morgan fingerprint density at radius 3 is 2.72 bits per heavy atom. The molecule has 1 atom stereocenters. The van der Waals surface area contributed by atoms with Crippen LogP contribution in [0.5, 0.6) is 5.75 Å². The van der Waals surface area contributed by atoms with E-state index in [1.165, 1.54) is 24.5 Å². The van der Waals surface area contributed by atoms with E-state index < -0.39 is 23.8 Å². The number of nitrogen functional groups attached to an aromatic ring is 1. The summed E-state index contributed by atoms with van der Waals surface area (Å²) in [6, 6.07) is 4.27. The Morgan fingerprint density at radius 1 is 1.32 bits per heavy atom. The summed E-state index contributed by atoms with van der Waals surface area (Å²) in [5.41, 5.74) is 4.55. The van der Waals surface area contributed by atoms with Crippen LogP contribution in [-0.2, 0) is 6.18 Å². The summed E-state index contributed by atoms with van der Waals surface area (Å²) in [5, 5.41) is 12.2. The topological polar surface area (TPSA) is 110 Å². The fraction of sp³-hybridized carbons (Fsp3) is 0.267. The molecule has 0 bridgehead atoms. The summed E-state index contributed by atoms with van der Waals surface area (Å²) in [6.07, 6.45) is -3.01. The van der Waals surface area contributed by atoms with Gasteiger partial charge in [0.05, 0.1) is 5.56 Å². The fourth-order valence-corrected chi connectivity index (χ4v) is 1.83. The van der Waals surface area contributed by atoms with Crippen LogP contribution in [0.1, 0.15) is 16.1 Å². The lowest BCUT2D eigenvalue weighted by Crippen LogP contribution is -2.36. The molecule has 0 aliphatic rings. The van der Waals surface area contributed by atoms with Gasteiger partial charge in [0.2, 0.25) is 0 Å². The fourth-order valence-electron chi connectivity index (χ4n) is 1.83. The van der Waals surface area contributed by atoms with Gasteiger partial charge in [0.25, 0.3) is 5.91 Å². The maximum absolute atomic E-state index is 12.6. The standard InChI is InChI=1S/C15H15F3N4O3/c16-15(17,18)9-2-1-3-11(6-9)25-8-10(23)7-22-14(24)12-13(19)21-5-4-20-12/h1-6,10,23H,7-8H2,(H2,19,21)(H,22,24)/t10-/m0/s1. The molecule has 2 aromatic rings. The number of halogens is 3. The number of aliphatic hydroxyl groups excluding tert-OH is 1. The van der Waals surface area contributed by atoms with Crippen LogP contribution >= 0.6 is 0 Å². The van der Waals surface area contributed by atoms with E-state index in [2.05, 4.69) is 15.3 Å². The molecule has 1 heterocycles. The average Bonchev–Trinajstić information content (AvgIpc) is 2.58. The molecule has 0 aliphatic carbocycles. The minimum Gasteiger partial charge on any atom is -0.491 e. The van der Waals surface area contributed by atoms with E-state index in [1.807, 2.05) is 0 Å². The van der Waals surface area contributed by atoms with Gasteiger partial charge in [-0.05, 0) is 18.2 Å². The first-order valence-corrected chi connectivity index (χ1v) is 7.10. The summed E-state index contributed by atoms with van der Waals surface area (Å²) in [4.78, 5) is 19.3. The Bertz CT molecular complexity index is 740. The third-order valence-electron chi connectivity index (χ3n) is 3.04. The first kappa shape index (κ1) is 18.5. The van der Waals surface area contributed by atoms with Crippen molar-refractivity contribution in [3.05, 3.63) is 47.9 Å². The van der Waals surface area contributed by atoms with Gasteiger partial charge in [-0.2, -0.15) is 13.2 Å². The highest BCUT2D eigenvalue weighted by atomic mass is 19.4. The number of amides is 1. The number of carbonyl (C=O) groups is 1. The smallest absolute Gasteiger partial charge is 0.416 e. The highest BCUT2D eigenvalue weighted by molar-refractivity contribution is 5.96. The van der Waals surface area contributed by atoms with Gasteiger partial charge >= 0.3 is 6.18 Å². The van der Waals surface area contributed by atoms with E-state index in [-0.39, 0.29) is 30.4 Å². The van der Waals surface area contributed by atoms with Crippen LogP contribution in [0.3, 0.4) is 0 Å². The molecular formula is C15H15F3N4O3. The second-order valence-corrected chi connectivity index (χ2v) is 4.99.